The van der Waals surface area contributed by atoms with Gasteiger partial charge in [-0.15, -0.1) is 0 Å². The second-order valence-corrected chi connectivity index (χ2v) is 4.66. The van der Waals surface area contributed by atoms with Crippen molar-refractivity contribution in [3.05, 3.63) is 0 Å². The second kappa shape index (κ2) is 4.60. The molecule has 0 aromatic rings. The summed E-state index contributed by atoms with van der Waals surface area (Å²) in [6.45, 7) is 3.38. The SMILES string of the molecule is CCC(CC1CC1)NC1COCC1O. The molecule has 3 atom stereocenters. The van der Waals surface area contributed by atoms with Gasteiger partial charge < -0.3 is 15.2 Å². The number of hydrogen-bond acceptors (Lipinski definition) is 3. The molecule has 0 amide bonds. The molecule has 0 radical (unpaired) electrons. The first-order chi connectivity index (χ1) is 6.79. The van der Waals surface area contributed by atoms with E-state index in [4.69, 9.17) is 4.74 Å². The van der Waals surface area contributed by atoms with Crippen LogP contribution in [0.3, 0.4) is 0 Å². The summed E-state index contributed by atoms with van der Waals surface area (Å²) in [5, 5.41) is 13.1. The van der Waals surface area contributed by atoms with Crippen LogP contribution in [0.1, 0.15) is 32.6 Å². The second-order valence-electron chi connectivity index (χ2n) is 4.66. The van der Waals surface area contributed by atoms with Gasteiger partial charge in [0.1, 0.15) is 0 Å². The van der Waals surface area contributed by atoms with Crippen LogP contribution in [0.15, 0.2) is 0 Å². The summed E-state index contributed by atoms with van der Waals surface area (Å²) in [5.41, 5.74) is 0. The van der Waals surface area contributed by atoms with Gasteiger partial charge in [0.25, 0.3) is 0 Å². The van der Waals surface area contributed by atoms with Gasteiger partial charge in [-0.2, -0.15) is 0 Å². The molecule has 0 bridgehead atoms. The normalized spacial score (nSPS) is 34.7. The monoisotopic (exact) mass is 199 g/mol. The van der Waals surface area contributed by atoms with Crippen molar-refractivity contribution in [2.24, 2.45) is 5.92 Å². The molecule has 3 unspecified atom stereocenters. The number of ether oxygens (including phenoxy) is 1. The van der Waals surface area contributed by atoms with E-state index in [-0.39, 0.29) is 12.1 Å². The highest BCUT2D eigenvalue weighted by Gasteiger charge is 2.30. The maximum Gasteiger partial charge on any atom is 0.0948 e. The number of nitrogens with one attached hydrogen (secondary N) is 1. The molecule has 3 nitrogen and oxygen atoms in total. The van der Waals surface area contributed by atoms with Gasteiger partial charge in [-0.05, 0) is 18.8 Å². The molecule has 0 spiro atoms. The molecule has 0 aromatic carbocycles. The third kappa shape index (κ3) is 2.69. The first-order valence-electron chi connectivity index (χ1n) is 5.81. The van der Waals surface area contributed by atoms with Crippen LogP contribution >= 0.6 is 0 Å². The van der Waals surface area contributed by atoms with Crippen LogP contribution in [-0.2, 0) is 4.74 Å². The zero-order valence-corrected chi connectivity index (χ0v) is 8.91. The van der Waals surface area contributed by atoms with Crippen molar-refractivity contribution >= 4 is 0 Å². The van der Waals surface area contributed by atoms with Crippen LogP contribution in [0.25, 0.3) is 0 Å². The van der Waals surface area contributed by atoms with Crippen molar-refractivity contribution in [2.45, 2.75) is 50.8 Å². The minimum absolute atomic E-state index is 0.165. The van der Waals surface area contributed by atoms with Crippen LogP contribution in [0.2, 0.25) is 0 Å². The Hall–Kier alpha value is -0.120. The lowest BCUT2D eigenvalue weighted by atomic mass is 10.1. The van der Waals surface area contributed by atoms with Crippen molar-refractivity contribution in [2.75, 3.05) is 13.2 Å². The predicted octanol–water partition coefficient (Wildman–Crippen LogP) is 0.914. The molecule has 0 aromatic heterocycles. The Balaban J connectivity index is 1.74. The molecule has 1 aliphatic carbocycles. The first kappa shape index (κ1) is 10.4. The van der Waals surface area contributed by atoms with Crippen LogP contribution in [-0.4, -0.2) is 36.5 Å². The van der Waals surface area contributed by atoms with E-state index in [1.165, 1.54) is 19.3 Å². The van der Waals surface area contributed by atoms with Gasteiger partial charge in [-0.25, -0.2) is 0 Å². The van der Waals surface area contributed by atoms with Crippen LogP contribution in [0.5, 0.6) is 0 Å². The van der Waals surface area contributed by atoms with Crippen molar-refractivity contribution in [3.63, 3.8) is 0 Å². The van der Waals surface area contributed by atoms with Gasteiger partial charge >= 0.3 is 0 Å². The lowest BCUT2D eigenvalue weighted by Crippen LogP contribution is -2.44. The van der Waals surface area contributed by atoms with Crippen molar-refractivity contribution in [1.29, 1.82) is 0 Å². The molecule has 1 saturated heterocycles. The predicted molar refractivity (Wildman–Crippen MR) is 55.2 cm³/mol. The Bertz CT molecular complexity index is 182. The summed E-state index contributed by atoms with van der Waals surface area (Å²) in [4.78, 5) is 0. The Morgan fingerprint density at radius 1 is 1.43 bits per heavy atom. The lowest BCUT2D eigenvalue weighted by Gasteiger charge is -2.22. The molecule has 14 heavy (non-hydrogen) atoms. The third-order valence-electron chi connectivity index (χ3n) is 3.31. The van der Waals surface area contributed by atoms with Gasteiger partial charge in [0.2, 0.25) is 0 Å². The van der Waals surface area contributed by atoms with E-state index in [0.29, 0.717) is 19.3 Å². The topological polar surface area (TPSA) is 41.5 Å². The van der Waals surface area contributed by atoms with Gasteiger partial charge in [0, 0.05) is 6.04 Å². The molecule has 3 heteroatoms. The molecule has 1 saturated carbocycles. The summed E-state index contributed by atoms with van der Waals surface area (Å²) in [6.07, 6.45) is 4.94. The Morgan fingerprint density at radius 2 is 2.21 bits per heavy atom. The molecule has 2 fully saturated rings. The third-order valence-corrected chi connectivity index (χ3v) is 3.31. The summed E-state index contributed by atoms with van der Waals surface area (Å²) < 4.78 is 5.22. The summed E-state index contributed by atoms with van der Waals surface area (Å²) in [6, 6.07) is 0.738. The minimum Gasteiger partial charge on any atom is -0.389 e. The highest BCUT2D eigenvalue weighted by molar-refractivity contribution is 4.86. The van der Waals surface area contributed by atoms with Crippen LogP contribution in [0, 0.1) is 5.92 Å². The number of aliphatic hydroxyl groups excluding tert-OH is 1. The van der Waals surface area contributed by atoms with Crippen LogP contribution in [0.4, 0.5) is 0 Å². The fourth-order valence-electron chi connectivity index (χ4n) is 2.11. The molecule has 2 aliphatic rings. The van der Waals surface area contributed by atoms with E-state index in [1.807, 2.05) is 0 Å². The molecule has 1 aliphatic heterocycles. The van der Waals surface area contributed by atoms with E-state index in [9.17, 15) is 5.11 Å². The van der Waals surface area contributed by atoms with E-state index < -0.39 is 0 Å². The summed E-state index contributed by atoms with van der Waals surface area (Å²) >= 11 is 0. The highest BCUT2D eigenvalue weighted by atomic mass is 16.5. The Morgan fingerprint density at radius 3 is 2.71 bits per heavy atom. The van der Waals surface area contributed by atoms with E-state index in [0.717, 1.165) is 12.3 Å². The molecule has 1 heterocycles. The van der Waals surface area contributed by atoms with Gasteiger partial charge in [-0.1, -0.05) is 19.8 Å². The minimum atomic E-state index is -0.303. The van der Waals surface area contributed by atoms with Gasteiger partial charge in [0.15, 0.2) is 0 Å². The number of hydrogen-bond donors (Lipinski definition) is 2. The van der Waals surface area contributed by atoms with Gasteiger partial charge in [-0.3, -0.25) is 0 Å². The zero-order valence-electron chi connectivity index (χ0n) is 8.91. The molecule has 82 valence electrons. The average Bonchev–Trinajstić information content (AvgIpc) is 2.90. The largest absolute Gasteiger partial charge is 0.389 e. The van der Waals surface area contributed by atoms with Gasteiger partial charge in [0.05, 0.1) is 25.4 Å². The van der Waals surface area contributed by atoms with Crippen molar-refractivity contribution < 1.29 is 9.84 Å². The molecular weight excluding hydrogens is 178 g/mol. The van der Waals surface area contributed by atoms with Crippen LogP contribution < -0.4 is 5.32 Å². The highest BCUT2D eigenvalue weighted by Crippen LogP contribution is 2.34. The Kier molecular flexibility index (Phi) is 3.42. The molecular formula is C11H21NO2. The lowest BCUT2D eigenvalue weighted by molar-refractivity contribution is 0.120. The van der Waals surface area contributed by atoms with E-state index in [2.05, 4.69) is 12.2 Å². The Labute approximate surface area is 85.8 Å². The summed E-state index contributed by atoms with van der Waals surface area (Å²) in [7, 11) is 0. The maximum absolute atomic E-state index is 9.60. The molecule has 2 rings (SSSR count). The molecule has 2 N–H and O–H groups in total. The van der Waals surface area contributed by atoms with Crippen molar-refractivity contribution in [1.82, 2.24) is 5.32 Å². The quantitative estimate of drug-likeness (QED) is 0.691. The first-order valence-corrected chi connectivity index (χ1v) is 5.81. The zero-order chi connectivity index (χ0) is 9.97. The fraction of sp³-hybridized carbons (Fsp3) is 1.00. The smallest absolute Gasteiger partial charge is 0.0948 e. The standard InChI is InChI=1S/C11H21NO2/c1-2-9(5-8-3-4-8)12-10-6-14-7-11(10)13/h8-13H,2-7H2,1H3. The van der Waals surface area contributed by atoms with E-state index >= 15 is 0 Å². The van der Waals surface area contributed by atoms with E-state index in [1.54, 1.807) is 0 Å². The van der Waals surface area contributed by atoms with Crippen molar-refractivity contribution in [3.8, 4) is 0 Å². The number of rotatable bonds is 5. The summed E-state index contributed by atoms with van der Waals surface area (Å²) in [5.74, 6) is 0.951. The fourth-order valence-corrected chi connectivity index (χ4v) is 2.11. The average molecular weight is 199 g/mol. The maximum atomic E-state index is 9.60. The number of aliphatic hydroxyl groups is 1.